The van der Waals surface area contributed by atoms with Gasteiger partial charge in [-0.1, -0.05) is 21.6 Å². The Labute approximate surface area is 164 Å². The molecule has 22 heavy (non-hydrogen) atoms. The summed E-state index contributed by atoms with van der Waals surface area (Å²) in [7, 11) is 3.19. The smallest absolute Gasteiger partial charge is 0.304 e. The molecule has 0 aliphatic rings. The topological polar surface area (TPSA) is 127 Å². The van der Waals surface area contributed by atoms with Gasteiger partial charge in [0.25, 0.3) is 0 Å². The van der Waals surface area contributed by atoms with Crippen LogP contribution in [0.1, 0.15) is 12.8 Å². The first-order valence-corrected chi connectivity index (χ1v) is 9.51. The molecule has 0 fully saturated rings. The van der Waals surface area contributed by atoms with Crippen molar-refractivity contribution < 1.29 is 38.4 Å². The number of carbonyl (C=O) groups is 2. The van der Waals surface area contributed by atoms with E-state index < -0.39 is 11.9 Å². The van der Waals surface area contributed by atoms with Gasteiger partial charge in [-0.25, -0.2) is 0 Å². The zero-order valence-electron chi connectivity index (χ0n) is 12.7. The summed E-state index contributed by atoms with van der Waals surface area (Å²) < 4.78 is 0. The molecule has 0 bridgehead atoms. The predicted octanol–water partition coefficient (Wildman–Crippen LogP) is 1.51. The molecule has 0 saturated carbocycles. The van der Waals surface area contributed by atoms with Crippen LogP contribution >= 0.6 is 46.8 Å². The van der Waals surface area contributed by atoms with Crippen LogP contribution in [0.25, 0.3) is 0 Å². The van der Waals surface area contributed by atoms with Gasteiger partial charge in [-0.05, 0) is 0 Å². The third kappa shape index (κ3) is 58.5. The third-order valence-corrected chi connectivity index (χ3v) is 4.06. The summed E-state index contributed by atoms with van der Waals surface area (Å²) in [6.07, 6.45) is 0.394. The number of thiol groups is 2. The maximum atomic E-state index is 9.98. The summed E-state index contributed by atoms with van der Waals surface area (Å²) in [5, 5.41) is 16.1. The van der Waals surface area contributed by atoms with Gasteiger partial charge in [0.1, 0.15) is 0 Å². The number of hydrogen-bond donors (Lipinski definition) is 6. The van der Waals surface area contributed by atoms with E-state index in [1.54, 1.807) is 21.6 Å². The molecular formula is C11H27N2O4S4V-. The molecule has 0 amide bonds. The Hall–Kier alpha value is 0.844. The molecule has 1 radical (unpaired) electrons. The fraction of sp³-hybridized carbons (Fsp3) is 0.727. The fourth-order valence-corrected chi connectivity index (χ4v) is 2.42. The van der Waals surface area contributed by atoms with Gasteiger partial charge in [-0.2, -0.15) is 25.3 Å². The van der Waals surface area contributed by atoms with Crippen LogP contribution in [0.15, 0.2) is 0 Å². The van der Waals surface area contributed by atoms with Crippen molar-refractivity contribution in [3.63, 3.8) is 0 Å². The number of aliphatic carboxylic acids is 2. The zero-order chi connectivity index (χ0) is 16.2. The molecule has 0 saturated heterocycles. The fourth-order valence-electron chi connectivity index (χ4n) is 0.391. The van der Waals surface area contributed by atoms with Crippen molar-refractivity contribution in [3.8, 4) is 0 Å². The van der Waals surface area contributed by atoms with Gasteiger partial charge in [0.15, 0.2) is 0 Å². The van der Waals surface area contributed by atoms with E-state index in [0.717, 1.165) is 11.5 Å². The quantitative estimate of drug-likeness (QED) is 0.141. The number of nitrogens with two attached hydrogens (primary N) is 2. The standard InChI is InChI=1S/C5H11NO2S2.C3H6O2S.C2H7NS.CH3.V/c6-2-4-10-9-3-1-5(7)8;4-3(5)1-2-6;3-1-2-4;;/h1-4,6H2,(H,7,8);6H,1-2H2,(H,4,5);4H,1-3H2;1H3;/q;;;-1;. The molecule has 0 unspecified atom stereocenters. The Balaban J connectivity index is -0.0000000697. The normalized spacial score (nSPS) is 8.00. The second-order valence-electron chi connectivity index (χ2n) is 2.96. The van der Waals surface area contributed by atoms with Crippen LogP contribution in [0.3, 0.4) is 0 Å². The Kier molecular flexibility index (Phi) is 52.1. The second kappa shape index (κ2) is 33.5. The van der Waals surface area contributed by atoms with Crippen molar-refractivity contribution in [1.29, 1.82) is 0 Å². The largest absolute Gasteiger partial charge is 0.481 e. The first-order chi connectivity index (χ1) is 9.45. The Morgan fingerprint density at radius 2 is 1.27 bits per heavy atom. The van der Waals surface area contributed by atoms with Crippen LogP contribution in [-0.4, -0.2) is 58.3 Å². The van der Waals surface area contributed by atoms with Crippen molar-refractivity contribution in [2.45, 2.75) is 12.8 Å². The van der Waals surface area contributed by atoms with Crippen LogP contribution < -0.4 is 11.5 Å². The number of rotatable bonds is 9. The molecule has 0 rings (SSSR count). The molecule has 135 valence electrons. The summed E-state index contributed by atoms with van der Waals surface area (Å²) >= 11 is 7.47. The SMILES string of the molecule is NCCS.NCCSSCCC(=O)O.O=C(O)CCS.[CH3-].[V]. The van der Waals surface area contributed by atoms with Crippen LogP contribution in [0.4, 0.5) is 0 Å². The van der Waals surface area contributed by atoms with Crippen LogP contribution in [0, 0.1) is 7.43 Å². The monoisotopic (exact) mass is 430 g/mol. The van der Waals surface area contributed by atoms with Gasteiger partial charge >= 0.3 is 11.9 Å². The summed E-state index contributed by atoms with van der Waals surface area (Å²) in [5.41, 5.74) is 10.2. The van der Waals surface area contributed by atoms with Gasteiger partial charge < -0.3 is 29.1 Å². The van der Waals surface area contributed by atoms with Crippen molar-refractivity contribution in [2.75, 3.05) is 36.1 Å². The van der Waals surface area contributed by atoms with E-state index in [0.29, 0.717) is 24.6 Å². The summed E-state index contributed by atoms with van der Waals surface area (Å²) in [6.45, 7) is 1.34. The Morgan fingerprint density at radius 1 is 0.864 bits per heavy atom. The van der Waals surface area contributed by atoms with Gasteiger partial charge in [0.05, 0.1) is 12.8 Å². The summed E-state index contributed by atoms with van der Waals surface area (Å²) in [6, 6.07) is 0. The molecule has 0 atom stereocenters. The summed E-state index contributed by atoms with van der Waals surface area (Å²) in [4.78, 5) is 19.5. The van der Waals surface area contributed by atoms with Crippen LogP contribution in [0.2, 0.25) is 0 Å². The first kappa shape index (κ1) is 34.2. The molecule has 0 heterocycles. The van der Waals surface area contributed by atoms with Gasteiger partial charge in [-0.15, -0.1) is 0 Å². The maximum absolute atomic E-state index is 9.98. The van der Waals surface area contributed by atoms with E-state index in [1.807, 2.05) is 0 Å². The van der Waals surface area contributed by atoms with Gasteiger partial charge in [0.2, 0.25) is 0 Å². The average molecular weight is 431 g/mol. The molecule has 11 heteroatoms. The Morgan fingerprint density at radius 3 is 1.50 bits per heavy atom. The molecule has 0 spiro atoms. The third-order valence-electron chi connectivity index (χ3n) is 1.14. The minimum absolute atomic E-state index is 0. The minimum Gasteiger partial charge on any atom is -0.481 e. The number of carboxylic acids is 2. The molecular weight excluding hydrogens is 403 g/mol. The van der Waals surface area contributed by atoms with Crippen LogP contribution in [-0.2, 0) is 28.1 Å². The predicted molar refractivity (Wildman–Crippen MR) is 102 cm³/mol. The molecule has 6 nitrogen and oxygen atoms in total. The van der Waals surface area contributed by atoms with E-state index in [9.17, 15) is 9.59 Å². The molecule has 6 N–H and O–H groups in total. The molecule has 0 aromatic rings. The number of carboxylic acid groups (broad SMARTS) is 2. The molecule has 0 aromatic heterocycles. The van der Waals surface area contributed by atoms with E-state index >= 15 is 0 Å². The second-order valence-corrected chi connectivity index (χ2v) is 6.55. The van der Waals surface area contributed by atoms with Crippen molar-refractivity contribution in [3.05, 3.63) is 7.43 Å². The van der Waals surface area contributed by atoms with Crippen molar-refractivity contribution >= 4 is 58.8 Å². The molecule has 0 aromatic carbocycles. The first-order valence-electron chi connectivity index (χ1n) is 5.76. The Bertz CT molecular complexity index is 228. The number of hydrogen-bond acceptors (Lipinski definition) is 8. The maximum Gasteiger partial charge on any atom is 0.304 e. The van der Waals surface area contributed by atoms with Crippen LogP contribution in [0.5, 0.6) is 0 Å². The van der Waals surface area contributed by atoms with Crippen molar-refractivity contribution in [2.24, 2.45) is 11.5 Å². The zero-order valence-corrected chi connectivity index (χ0v) is 17.5. The summed E-state index contributed by atoms with van der Waals surface area (Å²) in [5.74, 6) is 1.26. The van der Waals surface area contributed by atoms with E-state index in [2.05, 4.69) is 25.3 Å². The van der Waals surface area contributed by atoms with Gasteiger partial charge in [0, 0.05) is 54.7 Å². The van der Waals surface area contributed by atoms with Gasteiger partial charge in [-0.3, -0.25) is 9.59 Å². The van der Waals surface area contributed by atoms with Crippen molar-refractivity contribution in [1.82, 2.24) is 0 Å². The van der Waals surface area contributed by atoms with E-state index in [-0.39, 0.29) is 38.8 Å². The minimum atomic E-state index is -0.787. The van der Waals surface area contributed by atoms with E-state index in [4.69, 9.17) is 21.7 Å². The molecule has 0 aliphatic heterocycles. The molecule has 0 aliphatic carbocycles. The van der Waals surface area contributed by atoms with E-state index in [1.165, 1.54) is 0 Å². The average Bonchev–Trinajstić information content (AvgIpc) is 2.39.